The molecular formula is C25H26FN3O5S2. The van der Waals surface area contributed by atoms with E-state index in [1.165, 1.54) is 17.4 Å². The number of anilines is 1. The van der Waals surface area contributed by atoms with Gasteiger partial charge in [-0.25, -0.2) is 17.8 Å². The number of carbonyl (C=O) groups excluding carboxylic acids is 2. The summed E-state index contributed by atoms with van der Waals surface area (Å²) < 4.78 is 44.7. The van der Waals surface area contributed by atoms with E-state index in [0.29, 0.717) is 17.3 Å². The molecule has 0 radical (unpaired) electrons. The molecule has 2 heterocycles. The van der Waals surface area contributed by atoms with Crippen LogP contribution < -0.4 is 10.1 Å². The maximum absolute atomic E-state index is 15.0. The van der Waals surface area contributed by atoms with Crippen LogP contribution in [-0.4, -0.2) is 49.5 Å². The molecule has 0 unspecified atom stereocenters. The number of fused-ring (bicyclic) bond motifs is 1. The minimum Gasteiger partial charge on any atom is -0.491 e. The van der Waals surface area contributed by atoms with Gasteiger partial charge in [0.15, 0.2) is 15.0 Å². The zero-order chi connectivity index (χ0) is 26.0. The Morgan fingerprint density at radius 3 is 2.69 bits per heavy atom. The van der Waals surface area contributed by atoms with Gasteiger partial charge in [0.05, 0.1) is 11.4 Å². The maximum Gasteiger partial charge on any atom is 0.254 e. The van der Waals surface area contributed by atoms with Crippen molar-refractivity contribution < 1.29 is 27.1 Å². The van der Waals surface area contributed by atoms with Crippen LogP contribution in [0.25, 0.3) is 10.4 Å². The average Bonchev–Trinajstić information content (AvgIpc) is 3.19. The van der Waals surface area contributed by atoms with Crippen LogP contribution in [0.15, 0.2) is 41.4 Å². The van der Waals surface area contributed by atoms with Crippen molar-refractivity contribution >= 4 is 38.1 Å². The van der Waals surface area contributed by atoms with E-state index in [9.17, 15) is 18.0 Å². The summed E-state index contributed by atoms with van der Waals surface area (Å²) in [5.74, 6) is -0.744. The topological polar surface area (TPSA) is 106 Å². The Morgan fingerprint density at radius 1 is 1.22 bits per heavy atom. The van der Waals surface area contributed by atoms with E-state index in [1.54, 1.807) is 24.9 Å². The third-order valence-electron chi connectivity index (χ3n) is 5.88. The number of amides is 2. The monoisotopic (exact) mass is 531 g/mol. The molecule has 11 heteroatoms. The van der Waals surface area contributed by atoms with Crippen LogP contribution in [0.5, 0.6) is 5.75 Å². The lowest BCUT2D eigenvalue weighted by Crippen LogP contribution is -2.33. The molecule has 0 bridgehead atoms. The molecule has 0 saturated heterocycles. The fourth-order valence-corrected chi connectivity index (χ4v) is 5.59. The molecule has 0 atom stereocenters. The molecule has 36 heavy (non-hydrogen) atoms. The molecule has 0 aliphatic carbocycles. The van der Waals surface area contributed by atoms with Crippen molar-refractivity contribution in [3.8, 4) is 16.2 Å². The molecule has 1 aliphatic rings. The van der Waals surface area contributed by atoms with Crippen molar-refractivity contribution in [2.75, 3.05) is 24.7 Å². The lowest BCUT2D eigenvalue weighted by atomic mass is 10.0. The number of nitrogens with one attached hydrogen (secondary N) is 1. The molecule has 4 rings (SSSR count). The number of halogens is 1. The summed E-state index contributed by atoms with van der Waals surface area (Å²) in [5.41, 5.74) is 1.85. The SMILES string of the molecule is CCC(=O)Nc1ncc(-c2ccc3c(c2)CN(C(=O)c2ccc(S(C)(=O)=O)c(F)c2CC)CCO3)s1. The van der Waals surface area contributed by atoms with E-state index in [2.05, 4.69) is 10.3 Å². The second kappa shape index (κ2) is 10.4. The molecule has 1 aliphatic heterocycles. The molecule has 8 nitrogen and oxygen atoms in total. The van der Waals surface area contributed by atoms with E-state index in [4.69, 9.17) is 4.74 Å². The summed E-state index contributed by atoms with van der Waals surface area (Å²) in [5, 5.41) is 3.25. The van der Waals surface area contributed by atoms with Gasteiger partial charge in [-0.2, -0.15) is 0 Å². The highest BCUT2D eigenvalue weighted by molar-refractivity contribution is 7.90. The summed E-state index contributed by atoms with van der Waals surface area (Å²) in [6.45, 7) is 4.23. The lowest BCUT2D eigenvalue weighted by molar-refractivity contribution is -0.115. The van der Waals surface area contributed by atoms with Crippen LogP contribution in [0, 0.1) is 5.82 Å². The molecule has 0 spiro atoms. The van der Waals surface area contributed by atoms with E-state index in [1.807, 2.05) is 18.2 Å². The number of sulfone groups is 1. The van der Waals surface area contributed by atoms with Gasteiger partial charge in [0.2, 0.25) is 5.91 Å². The van der Waals surface area contributed by atoms with Crippen molar-refractivity contribution in [3.05, 3.63) is 59.0 Å². The zero-order valence-electron chi connectivity index (χ0n) is 20.1. The fraction of sp³-hybridized carbons (Fsp3) is 0.320. The minimum atomic E-state index is -3.76. The summed E-state index contributed by atoms with van der Waals surface area (Å²) in [7, 11) is -3.76. The van der Waals surface area contributed by atoms with Gasteiger partial charge >= 0.3 is 0 Å². The first-order valence-corrected chi connectivity index (χ1v) is 14.2. The van der Waals surface area contributed by atoms with Gasteiger partial charge in [-0.1, -0.05) is 25.2 Å². The highest BCUT2D eigenvalue weighted by atomic mass is 32.2. The molecule has 2 amide bonds. The predicted octanol–water partition coefficient (Wildman–Crippen LogP) is 4.30. The van der Waals surface area contributed by atoms with Crippen LogP contribution in [-0.2, 0) is 27.6 Å². The number of benzene rings is 2. The molecule has 2 aromatic carbocycles. The molecule has 0 fully saturated rings. The van der Waals surface area contributed by atoms with Crippen molar-refractivity contribution in [3.63, 3.8) is 0 Å². The van der Waals surface area contributed by atoms with Crippen LogP contribution in [0.2, 0.25) is 0 Å². The Bertz CT molecular complexity index is 1440. The number of aromatic nitrogens is 1. The van der Waals surface area contributed by atoms with Gasteiger partial charge in [0, 0.05) is 42.1 Å². The first-order chi connectivity index (χ1) is 17.1. The Labute approximate surface area is 213 Å². The van der Waals surface area contributed by atoms with Crippen molar-refractivity contribution in [1.29, 1.82) is 0 Å². The second-order valence-corrected chi connectivity index (χ2v) is 11.4. The molecule has 190 valence electrons. The van der Waals surface area contributed by atoms with E-state index in [0.717, 1.165) is 28.3 Å². The predicted molar refractivity (Wildman–Crippen MR) is 136 cm³/mol. The van der Waals surface area contributed by atoms with Crippen LogP contribution in [0.4, 0.5) is 9.52 Å². The highest BCUT2D eigenvalue weighted by Crippen LogP contribution is 2.34. The fourth-order valence-electron chi connectivity index (χ4n) is 4.00. The molecular weight excluding hydrogens is 505 g/mol. The smallest absolute Gasteiger partial charge is 0.254 e. The molecule has 1 N–H and O–H groups in total. The summed E-state index contributed by atoms with van der Waals surface area (Å²) >= 11 is 1.34. The standard InChI is InChI=1S/C25H26FN3O5S2/c1-4-17-18(7-9-21(23(17)26)36(3,32)33)24(31)29-10-11-34-19-8-6-15(12-16(19)14-29)20-13-27-25(35-20)28-22(30)5-2/h6-9,12-13H,4-5,10-11,14H2,1-3H3,(H,27,28,30). The Hall–Kier alpha value is -3.31. The van der Waals surface area contributed by atoms with Gasteiger partial charge in [0.1, 0.15) is 23.1 Å². The van der Waals surface area contributed by atoms with E-state index < -0.39 is 26.5 Å². The van der Waals surface area contributed by atoms with Crippen molar-refractivity contribution in [1.82, 2.24) is 9.88 Å². The van der Waals surface area contributed by atoms with Gasteiger partial charge in [-0.05, 0) is 42.3 Å². The highest BCUT2D eigenvalue weighted by Gasteiger charge is 2.27. The van der Waals surface area contributed by atoms with E-state index >= 15 is 4.39 Å². The van der Waals surface area contributed by atoms with Gasteiger partial charge in [-0.3, -0.25) is 9.59 Å². The molecule has 1 aromatic heterocycles. The largest absolute Gasteiger partial charge is 0.491 e. The number of thiazole rings is 1. The average molecular weight is 532 g/mol. The second-order valence-electron chi connectivity index (χ2n) is 8.36. The van der Waals surface area contributed by atoms with Gasteiger partial charge < -0.3 is 15.0 Å². The summed E-state index contributed by atoms with van der Waals surface area (Å²) in [6.07, 6.45) is 3.15. The number of hydrogen-bond acceptors (Lipinski definition) is 7. The van der Waals surface area contributed by atoms with Crippen LogP contribution in [0.1, 0.15) is 41.8 Å². The number of hydrogen-bond donors (Lipinski definition) is 1. The number of rotatable bonds is 6. The molecule has 0 saturated carbocycles. The van der Waals surface area contributed by atoms with E-state index in [-0.39, 0.29) is 43.2 Å². The van der Waals surface area contributed by atoms with Crippen LogP contribution in [0.3, 0.4) is 0 Å². The number of ether oxygens (including phenoxy) is 1. The maximum atomic E-state index is 15.0. The number of carbonyl (C=O) groups is 2. The van der Waals surface area contributed by atoms with Crippen molar-refractivity contribution in [2.45, 2.75) is 38.1 Å². The minimum absolute atomic E-state index is 0.0772. The van der Waals surface area contributed by atoms with Gasteiger partial charge in [-0.15, -0.1) is 0 Å². The summed E-state index contributed by atoms with van der Waals surface area (Å²) in [4.78, 5) is 31.4. The first-order valence-electron chi connectivity index (χ1n) is 11.4. The third kappa shape index (κ3) is 5.26. The lowest BCUT2D eigenvalue weighted by Gasteiger charge is -2.22. The van der Waals surface area contributed by atoms with Gasteiger partial charge in [0.25, 0.3) is 5.91 Å². The Kier molecular flexibility index (Phi) is 7.41. The summed E-state index contributed by atoms with van der Waals surface area (Å²) in [6, 6.07) is 8.17. The zero-order valence-corrected chi connectivity index (χ0v) is 21.8. The first kappa shape index (κ1) is 25.8. The van der Waals surface area contributed by atoms with Crippen molar-refractivity contribution in [2.24, 2.45) is 0 Å². The third-order valence-corrected chi connectivity index (χ3v) is 7.95. The quantitative estimate of drug-likeness (QED) is 0.509. The Morgan fingerprint density at radius 2 is 2.00 bits per heavy atom. The number of nitrogens with zero attached hydrogens (tertiary/aromatic N) is 2. The molecule has 3 aromatic rings. The van der Waals surface area contributed by atoms with Crippen LogP contribution >= 0.6 is 11.3 Å². The normalized spacial score (nSPS) is 13.5. The Balaban J connectivity index is 1.63.